The summed E-state index contributed by atoms with van der Waals surface area (Å²) in [6, 6.07) is 0. The molecule has 2 N–H and O–H groups in total. The zero-order valence-corrected chi connectivity index (χ0v) is 7.65. The molecule has 80 valence electrons. The van der Waals surface area contributed by atoms with Crippen LogP contribution in [-0.2, 0) is 19.1 Å². The van der Waals surface area contributed by atoms with Crippen LogP contribution in [0.15, 0.2) is 22.7 Å². The van der Waals surface area contributed by atoms with Gasteiger partial charge in [0.05, 0.1) is 0 Å². The highest BCUT2D eigenvalue weighted by molar-refractivity contribution is 5.90. The standard InChI is InChI=1S/C9H8O6/c10-6-4(2-14-8(6)12)1-5-3-15-9(13)7(5)11/h10-11H,1-3H2. The van der Waals surface area contributed by atoms with Crippen LogP contribution in [0.1, 0.15) is 6.42 Å². The summed E-state index contributed by atoms with van der Waals surface area (Å²) >= 11 is 0. The molecular weight excluding hydrogens is 204 g/mol. The third-order valence-corrected chi connectivity index (χ3v) is 2.24. The predicted octanol–water partition coefficient (Wildman–Crippen LogP) is 0.114. The molecule has 2 rings (SSSR count). The maximum atomic E-state index is 10.8. The van der Waals surface area contributed by atoms with Gasteiger partial charge >= 0.3 is 11.9 Å². The van der Waals surface area contributed by atoms with Crippen molar-refractivity contribution in [3.63, 3.8) is 0 Å². The van der Waals surface area contributed by atoms with Crippen molar-refractivity contribution in [2.45, 2.75) is 6.42 Å². The highest BCUT2D eigenvalue weighted by Gasteiger charge is 2.29. The molecule has 2 aliphatic heterocycles. The lowest BCUT2D eigenvalue weighted by Crippen LogP contribution is -1.97. The number of rotatable bonds is 2. The summed E-state index contributed by atoms with van der Waals surface area (Å²) in [6.07, 6.45) is 0.106. The summed E-state index contributed by atoms with van der Waals surface area (Å²) in [5.74, 6) is -2.46. The molecule has 0 bridgehead atoms. The minimum absolute atomic E-state index is 0.0182. The number of aliphatic hydroxyl groups is 2. The van der Waals surface area contributed by atoms with Gasteiger partial charge in [-0.25, -0.2) is 9.59 Å². The molecule has 6 heteroatoms. The third kappa shape index (κ3) is 1.54. The van der Waals surface area contributed by atoms with Crippen LogP contribution in [0.5, 0.6) is 0 Å². The Bertz CT molecular complexity index is 365. The minimum atomic E-state index is -0.782. The monoisotopic (exact) mass is 212 g/mol. The van der Waals surface area contributed by atoms with Crippen LogP contribution >= 0.6 is 0 Å². The second-order valence-corrected chi connectivity index (χ2v) is 3.23. The van der Waals surface area contributed by atoms with Crippen LogP contribution in [0.2, 0.25) is 0 Å². The highest BCUT2D eigenvalue weighted by Crippen LogP contribution is 2.25. The average Bonchev–Trinajstić information content (AvgIpc) is 2.68. The number of carbonyl (C=O) groups is 2. The van der Waals surface area contributed by atoms with Crippen molar-refractivity contribution in [3.05, 3.63) is 22.7 Å². The molecule has 2 heterocycles. The Morgan fingerprint density at radius 1 is 0.933 bits per heavy atom. The summed E-state index contributed by atoms with van der Waals surface area (Å²) in [4.78, 5) is 21.6. The molecule has 0 aromatic carbocycles. The van der Waals surface area contributed by atoms with Gasteiger partial charge in [-0.1, -0.05) is 0 Å². The molecule has 0 spiro atoms. The Kier molecular flexibility index (Phi) is 2.11. The summed E-state index contributed by atoms with van der Waals surface area (Å²) in [5, 5.41) is 18.5. The zero-order chi connectivity index (χ0) is 11.0. The summed E-state index contributed by atoms with van der Waals surface area (Å²) < 4.78 is 9.11. The first-order chi connectivity index (χ1) is 7.09. The van der Waals surface area contributed by atoms with Gasteiger partial charge in [0, 0.05) is 17.6 Å². The van der Waals surface area contributed by atoms with Gasteiger partial charge in [-0.2, -0.15) is 0 Å². The second-order valence-electron chi connectivity index (χ2n) is 3.23. The van der Waals surface area contributed by atoms with E-state index in [0.717, 1.165) is 0 Å². The molecule has 6 nitrogen and oxygen atoms in total. The first kappa shape index (κ1) is 9.57. The van der Waals surface area contributed by atoms with Crippen molar-refractivity contribution in [2.24, 2.45) is 0 Å². The van der Waals surface area contributed by atoms with Gasteiger partial charge in [-0.15, -0.1) is 0 Å². The Labute approximate surface area is 84.4 Å². The lowest BCUT2D eigenvalue weighted by Gasteiger charge is -1.99. The Balaban J connectivity index is 2.17. The van der Waals surface area contributed by atoms with E-state index in [1.54, 1.807) is 0 Å². The van der Waals surface area contributed by atoms with Gasteiger partial charge in [-0.05, 0) is 0 Å². The van der Waals surface area contributed by atoms with Crippen LogP contribution < -0.4 is 0 Å². The Morgan fingerprint density at radius 2 is 1.33 bits per heavy atom. The van der Waals surface area contributed by atoms with Crippen LogP contribution in [-0.4, -0.2) is 35.4 Å². The van der Waals surface area contributed by atoms with Gasteiger partial charge in [0.25, 0.3) is 0 Å². The van der Waals surface area contributed by atoms with Crippen molar-refractivity contribution >= 4 is 11.9 Å². The van der Waals surface area contributed by atoms with E-state index in [4.69, 9.17) is 0 Å². The number of hydrogen-bond donors (Lipinski definition) is 2. The highest BCUT2D eigenvalue weighted by atomic mass is 16.6. The molecule has 0 unspecified atom stereocenters. The van der Waals surface area contributed by atoms with E-state index in [1.807, 2.05) is 0 Å². The summed E-state index contributed by atoms with van der Waals surface area (Å²) in [6.45, 7) is -0.0364. The van der Waals surface area contributed by atoms with E-state index in [-0.39, 0.29) is 19.6 Å². The maximum Gasteiger partial charge on any atom is 0.373 e. The van der Waals surface area contributed by atoms with E-state index >= 15 is 0 Å². The second kappa shape index (κ2) is 3.30. The SMILES string of the molecule is O=C1OCC(CC2=C(O)C(=O)OC2)=C1O. The van der Waals surface area contributed by atoms with Crippen molar-refractivity contribution < 1.29 is 29.3 Å². The van der Waals surface area contributed by atoms with Crippen molar-refractivity contribution in [1.82, 2.24) is 0 Å². The molecule has 0 amide bonds. The molecule has 0 radical (unpaired) electrons. The third-order valence-electron chi connectivity index (χ3n) is 2.24. The smallest absolute Gasteiger partial charge is 0.373 e. The first-order valence-corrected chi connectivity index (χ1v) is 4.26. The quantitative estimate of drug-likeness (QED) is 0.631. The largest absolute Gasteiger partial charge is 0.502 e. The molecule has 2 aliphatic rings. The Morgan fingerprint density at radius 3 is 1.60 bits per heavy atom. The normalized spacial score (nSPS) is 21.1. The molecule has 15 heavy (non-hydrogen) atoms. The molecule has 0 aliphatic carbocycles. The van der Waals surface area contributed by atoms with Gasteiger partial charge in [0.15, 0.2) is 0 Å². The zero-order valence-electron chi connectivity index (χ0n) is 7.65. The van der Waals surface area contributed by atoms with E-state index in [9.17, 15) is 19.8 Å². The molecule has 0 fully saturated rings. The molecule has 0 saturated heterocycles. The summed E-state index contributed by atoms with van der Waals surface area (Å²) in [7, 11) is 0. The topological polar surface area (TPSA) is 93.1 Å². The van der Waals surface area contributed by atoms with Crippen molar-refractivity contribution in [1.29, 1.82) is 0 Å². The number of hydrogen-bond acceptors (Lipinski definition) is 6. The predicted molar refractivity (Wildman–Crippen MR) is 45.8 cm³/mol. The molecule has 0 atom stereocenters. The van der Waals surface area contributed by atoms with Gasteiger partial charge in [-0.3, -0.25) is 0 Å². The summed E-state index contributed by atoms with van der Waals surface area (Å²) in [5.41, 5.74) is 0.694. The van der Waals surface area contributed by atoms with Crippen LogP contribution in [0.4, 0.5) is 0 Å². The molecule has 0 aromatic rings. The van der Waals surface area contributed by atoms with E-state index in [2.05, 4.69) is 9.47 Å². The molecular formula is C9H8O6. The van der Waals surface area contributed by atoms with Gasteiger partial charge in [0.1, 0.15) is 13.2 Å². The first-order valence-electron chi connectivity index (χ1n) is 4.26. The fraction of sp³-hybridized carbons (Fsp3) is 0.333. The minimum Gasteiger partial charge on any atom is -0.502 e. The molecule has 0 aromatic heterocycles. The number of aliphatic hydroxyl groups excluding tert-OH is 2. The number of carbonyl (C=O) groups excluding carboxylic acids is 2. The van der Waals surface area contributed by atoms with E-state index in [0.29, 0.717) is 11.1 Å². The molecule has 0 saturated carbocycles. The fourth-order valence-corrected chi connectivity index (χ4v) is 1.39. The number of esters is 2. The maximum absolute atomic E-state index is 10.8. The van der Waals surface area contributed by atoms with Crippen LogP contribution in [0, 0.1) is 0 Å². The van der Waals surface area contributed by atoms with Crippen LogP contribution in [0.3, 0.4) is 0 Å². The van der Waals surface area contributed by atoms with E-state index in [1.165, 1.54) is 0 Å². The van der Waals surface area contributed by atoms with Crippen molar-refractivity contribution in [2.75, 3.05) is 13.2 Å². The van der Waals surface area contributed by atoms with E-state index < -0.39 is 23.5 Å². The lowest BCUT2D eigenvalue weighted by molar-refractivity contribution is -0.139. The van der Waals surface area contributed by atoms with Crippen LogP contribution in [0.25, 0.3) is 0 Å². The average molecular weight is 212 g/mol. The van der Waals surface area contributed by atoms with Crippen molar-refractivity contribution in [3.8, 4) is 0 Å². The lowest BCUT2D eigenvalue weighted by atomic mass is 10.1. The van der Waals surface area contributed by atoms with Gasteiger partial charge < -0.3 is 19.7 Å². The fourth-order valence-electron chi connectivity index (χ4n) is 1.39. The number of ether oxygens (including phenoxy) is 2. The Hall–Kier alpha value is -1.98. The van der Waals surface area contributed by atoms with Gasteiger partial charge in [0.2, 0.25) is 11.5 Å². The number of cyclic esters (lactones) is 2.